The predicted octanol–water partition coefficient (Wildman–Crippen LogP) is 2.00. The van der Waals surface area contributed by atoms with Crippen LogP contribution in [0.2, 0.25) is 0 Å². The van der Waals surface area contributed by atoms with E-state index < -0.39 is 16.0 Å². The maximum absolute atomic E-state index is 11.2. The van der Waals surface area contributed by atoms with Gasteiger partial charge in [0.1, 0.15) is 0 Å². The SMILES string of the molecule is CS(=O)(=O)Nc1ccc(-c2cccc(-n3cc(C(=O)O)nn3)c2)cc1. The maximum Gasteiger partial charge on any atom is 0.358 e. The van der Waals surface area contributed by atoms with Crippen LogP contribution >= 0.6 is 0 Å². The lowest BCUT2D eigenvalue weighted by atomic mass is 10.0. The molecule has 2 N–H and O–H groups in total. The highest BCUT2D eigenvalue weighted by Crippen LogP contribution is 2.24. The minimum absolute atomic E-state index is 0.137. The van der Waals surface area contributed by atoms with Crippen LogP contribution in [-0.2, 0) is 10.0 Å². The summed E-state index contributed by atoms with van der Waals surface area (Å²) in [7, 11) is -3.32. The molecule has 0 radical (unpaired) electrons. The van der Waals surface area contributed by atoms with E-state index >= 15 is 0 Å². The van der Waals surface area contributed by atoms with Crippen LogP contribution in [0.3, 0.4) is 0 Å². The minimum atomic E-state index is -3.32. The third kappa shape index (κ3) is 4.01. The molecule has 9 heteroatoms. The van der Waals surface area contributed by atoms with Crippen molar-refractivity contribution in [3.05, 3.63) is 60.4 Å². The van der Waals surface area contributed by atoms with Gasteiger partial charge >= 0.3 is 5.97 Å². The number of carbonyl (C=O) groups is 1. The van der Waals surface area contributed by atoms with Crippen molar-refractivity contribution in [3.8, 4) is 16.8 Å². The second-order valence-corrected chi connectivity index (χ2v) is 7.10. The lowest BCUT2D eigenvalue weighted by Crippen LogP contribution is -2.09. The van der Waals surface area contributed by atoms with Crippen molar-refractivity contribution in [3.63, 3.8) is 0 Å². The van der Waals surface area contributed by atoms with Gasteiger partial charge in [-0.05, 0) is 35.4 Å². The number of nitrogens with one attached hydrogen (secondary N) is 1. The third-order valence-corrected chi connectivity index (χ3v) is 3.95. The van der Waals surface area contributed by atoms with Gasteiger partial charge in [0.2, 0.25) is 10.0 Å². The maximum atomic E-state index is 11.2. The minimum Gasteiger partial charge on any atom is -0.476 e. The monoisotopic (exact) mass is 358 g/mol. The molecule has 0 bridgehead atoms. The number of carboxylic acid groups (broad SMARTS) is 1. The lowest BCUT2D eigenvalue weighted by Gasteiger charge is -2.07. The summed E-state index contributed by atoms with van der Waals surface area (Å²) in [6.45, 7) is 0. The Morgan fingerprint density at radius 3 is 2.44 bits per heavy atom. The Bertz CT molecular complexity index is 1030. The molecule has 25 heavy (non-hydrogen) atoms. The molecule has 8 nitrogen and oxygen atoms in total. The number of carboxylic acids is 1. The number of aromatic carboxylic acids is 1. The van der Waals surface area contributed by atoms with Crippen LogP contribution in [-0.4, -0.2) is 40.7 Å². The van der Waals surface area contributed by atoms with Crippen LogP contribution < -0.4 is 4.72 Å². The van der Waals surface area contributed by atoms with Gasteiger partial charge in [0.05, 0.1) is 18.1 Å². The summed E-state index contributed by atoms with van der Waals surface area (Å²) in [4.78, 5) is 10.9. The van der Waals surface area contributed by atoms with Crippen LogP contribution in [0.5, 0.6) is 0 Å². The van der Waals surface area contributed by atoms with Crippen LogP contribution in [0, 0.1) is 0 Å². The fraction of sp³-hybridized carbons (Fsp3) is 0.0625. The fourth-order valence-electron chi connectivity index (χ4n) is 2.26. The van der Waals surface area contributed by atoms with Crippen LogP contribution in [0.25, 0.3) is 16.8 Å². The first-order valence-corrected chi connectivity index (χ1v) is 9.05. The van der Waals surface area contributed by atoms with E-state index in [1.807, 2.05) is 18.2 Å². The standard InChI is InChI=1S/C16H14N4O4S/c1-25(23,24)18-13-7-5-11(6-8-13)12-3-2-4-14(9-12)20-10-15(16(21)22)17-19-20/h2-10,18H,1H3,(H,21,22). The van der Waals surface area contributed by atoms with Gasteiger partial charge in [0, 0.05) is 5.69 Å². The van der Waals surface area contributed by atoms with Crippen molar-refractivity contribution in [2.24, 2.45) is 0 Å². The molecule has 0 atom stereocenters. The van der Waals surface area contributed by atoms with Gasteiger partial charge in [-0.15, -0.1) is 5.10 Å². The van der Waals surface area contributed by atoms with E-state index in [0.717, 1.165) is 17.4 Å². The van der Waals surface area contributed by atoms with Crippen molar-refractivity contribution in [1.82, 2.24) is 15.0 Å². The molecule has 128 valence electrons. The Kier molecular flexibility index (Phi) is 4.24. The number of hydrogen-bond acceptors (Lipinski definition) is 5. The van der Waals surface area contributed by atoms with Gasteiger partial charge < -0.3 is 5.11 Å². The van der Waals surface area contributed by atoms with E-state index in [-0.39, 0.29) is 5.69 Å². The Morgan fingerprint density at radius 2 is 1.84 bits per heavy atom. The molecule has 1 heterocycles. The molecule has 3 rings (SSSR count). The molecule has 2 aromatic carbocycles. The molecule has 0 fully saturated rings. The highest BCUT2D eigenvalue weighted by molar-refractivity contribution is 7.92. The largest absolute Gasteiger partial charge is 0.476 e. The van der Waals surface area contributed by atoms with Crippen LogP contribution in [0.15, 0.2) is 54.7 Å². The Hall–Kier alpha value is -3.20. The normalized spacial score (nSPS) is 11.2. The highest BCUT2D eigenvalue weighted by Gasteiger charge is 2.10. The molecule has 3 aromatic rings. The first-order chi connectivity index (χ1) is 11.8. The Balaban J connectivity index is 1.89. The van der Waals surface area contributed by atoms with E-state index in [1.54, 1.807) is 30.3 Å². The fourth-order valence-corrected chi connectivity index (χ4v) is 2.83. The first-order valence-electron chi connectivity index (χ1n) is 7.16. The Morgan fingerprint density at radius 1 is 1.12 bits per heavy atom. The molecular formula is C16H14N4O4S. The lowest BCUT2D eigenvalue weighted by molar-refractivity contribution is 0.0690. The quantitative estimate of drug-likeness (QED) is 0.721. The summed E-state index contributed by atoms with van der Waals surface area (Å²) in [5.74, 6) is -1.14. The summed E-state index contributed by atoms with van der Waals surface area (Å²) >= 11 is 0. The van der Waals surface area contributed by atoms with Crippen molar-refractivity contribution in [1.29, 1.82) is 0 Å². The molecule has 0 unspecified atom stereocenters. The molecule has 0 spiro atoms. The van der Waals surface area contributed by atoms with E-state index in [1.165, 1.54) is 10.9 Å². The molecule has 0 saturated heterocycles. The predicted molar refractivity (Wildman–Crippen MR) is 92.2 cm³/mol. The van der Waals surface area contributed by atoms with Crippen molar-refractivity contribution >= 4 is 21.7 Å². The molecular weight excluding hydrogens is 344 g/mol. The average Bonchev–Trinajstić information content (AvgIpc) is 3.04. The summed E-state index contributed by atoms with van der Waals surface area (Å²) in [5.41, 5.74) is 2.75. The van der Waals surface area contributed by atoms with Crippen molar-refractivity contribution in [2.45, 2.75) is 0 Å². The average molecular weight is 358 g/mol. The Labute approximate surface area is 143 Å². The molecule has 0 aliphatic heterocycles. The number of anilines is 1. The number of aromatic nitrogens is 3. The summed E-state index contributed by atoms with van der Waals surface area (Å²) in [5, 5.41) is 16.3. The van der Waals surface area contributed by atoms with Gasteiger partial charge in [-0.2, -0.15) is 0 Å². The zero-order valence-electron chi connectivity index (χ0n) is 13.1. The summed E-state index contributed by atoms with van der Waals surface area (Å²) in [6, 6.07) is 14.2. The van der Waals surface area contributed by atoms with Crippen molar-refractivity contribution < 1.29 is 18.3 Å². The second-order valence-electron chi connectivity index (χ2n) is 5.36. The van der Waals surface area contributed by atoms with E-state index in [9.17, 15) is 13.2 Å². The smallest absolute Gasteiger partial charge is 0.358 e. The first kappa shape index (κ1) is 16.7. The van der Waals surface area contributed by atoms with Crippen LogP contribution in [0.4, 0.5) is 5.69 Å². The topological polar surface area (TPSA) is 114 Å². The number of hydrogen-bond donors (Lipinski definition) is 2. The molecule has 0 aliphatic rings. The molecule has 0 saturated carbocycles. The van der Waals surface area contributed by atoms with Gasteiger partial charge in [-0.1, -0.05) is 29.5 Å². The third-order valence-electron chi connectivity index (χ3n) is 3.34. The molecule has 1 aromatic heterocycles. The van der Waals surface area contributed by atoms with E-state index in [2.05, 4.69) is 15.0 Å². The number of nitrogens with zero attached hydrogens (tertiary/aromatic N) is 3. The van der Waals surface area contributed by atoms with Crippen LogP contribution in [0.1, 0.15) is 10.5 Å². The van der Waals surface area contributed by atoms with E-state index in [4.69, 9.17) is 5.11 Å². The number of sulfonamides is 1. The zero-order chi connectivity index (χ0) is 18.0. The van der Waals surface area contributed by atoms with Gasteiger partial charge in [-0.3, -0.25) is 4.72 Å². The molecule has 0 aliphatic carbocycles. The highest BCUT2D eigenvalue weighted by atomic mass is 32.2. The number of rotatable bonds is 5. The zero-order valence-corrected chi connectivity index (χ0v) is 13.9. The van der Waals surface area contributed by atoms with Crippen molar-refractivity contribution in [2.75, 3.05) is 11.0 Å². The van der Waals surface area contributed by atoms with Gasteiger partial charge in [-0.25, -0.2) is 17.9 Å². The van der Waals surface area contributed by atoms with Gasteiger partial charge in [0.15, 0.2) is 5.69 Å². The summed E-state index contributed by atoms with van der Waals surface area (Å²) in [6.07, 6.45) is 2.43. The summed E-state index contributed by atoms with van der Waals surface area (Å²) < 4.78 is 26.3. The second kappa shape index (κ2) is 6.36. The number of benzene rings is 2. The van der Waals surface area contributed by atoms with E-state index in [0.29, 0.717) is 11.4 Å². The molecule has 0 amide bonds. The van der Waals surface area contributed by atoms with Gasteiger partial charge in [0.25, 0.3) is 0 Å².